The summed E-state index contributed by atoms with van der Waals surface area (Å²) in [6.45, 7) is 5.16. The zero-order valence-electron chi connectivity index (χ0n) is 18.5. The van der Waals surface area contributed by atoms with E-state index in [-0.39, 0.29) is 24.1 Å². The van der Waals surface area contributed by atoms with Gasteiger partial charge in [0.25, 0.3) is 5.91 Å². The van der Waals surface area contributed by atoms with E-state index in [0.29, 0.717) is 24.6 Å². The maximum Gasteiger partial charge on any atom is 0.255 e. The zero-order valence-corrected chi connectivity index (χ0v) is 18.5. The number of benzene rings is 1. The van der Waals surface area contributed by atoms with Crippen molar-refractivity contribution in [3.8, 4) is 0 Å². The summed E-state index contributed by atoms with van der Waals surface area (Å²) in [5.41, 5.74) is 5.50. The quantitative estimate of drug-likeness (QED) is 0.680. The Morgan fingerprint density at radius 1 is 1.03 bits per heavy atom. The number of fused-ring (bicyclic) bond motifs is 2. The van der Waals surface area contributed by atoms with Crippen LogP contribution in [0, 0.1) is 0 Å². The summed E-state index contributed by atoms with van der Waals surface area (Å²) < 4.78 is 2.23. The largest absolute Gasteiger partial charge is 0.322 e. The van der Waals surface area contributed by atoms with E-state index < -0.39 is 6.04 Å². The van der Waals surface area contributed by atoms with Crippen molar-refractivity contribution < 1.29 is 14.4 Å². The number of rotatable bonds is 4. The van der Waals surface area contributed by atoms with Crippen molar-refractivity contribution >= 4 is 17.7 Å². The first-order valence-electron chi connectivity index (χ1n) is 11.8. The molecule has 1 unspecified atom stereocenters. The highest BCUT2D eigenvalue weighted by Gasteiger charge is 2.39. The average Bonchev–Trinajstić information content (AvgIpc) is 3.50. The van der Waals surface area contributed by atoms with Gasteiger partial charge in [-0.05, 0) is 36.5 Å². The number of likely N-dealkylation sites (tertiary alicyclic amines) is 1. The van der Waals surface area contributed by atoms with Gasteiger partial charge in [-0.1, -0.05) is 12.1 Å². The fourth-order valence-corrected chi connectivity index (χ4v) is 5.70. The molecular weight excluding hydrogens is 420 g/mol. The predicted molar refractivity (Wildman–Crippen MR) is 119 cm³/mol. The summed E-state index contributed by atoms with van der Waals surface area (Å²) in [6, 6.07) is 5.93. The number of hydrogen-bond donors (Lipinski definition) is 2. The number of aromatic nitrogens is 2. The van der Waals surface area contributed by atoms with E-state index in [9.17, 15) is 14.4 Å². The van der Waals surface area contributed by atoms with E-state index in [1.165, 1.54) is 16.8 Å². The van der Waals surface area contributed by atoms with Crippen LogP contribution in [0.5, 0.6) is 0 Å². The normalized spacial score (nSPS) is 23.7. The highest BCUT2D eigenvalue weighted by molar-refractivity contribution is 6.05. The SMILES string of the molecule is O=C1CCC(N2Cc3cc(CN4CCC(n5ncc6c5CNC6)CC4)ccc3C2=O)C(=O)N1. The van der Waals surface area contributed by atoms with Crippen molar-refractivity contribution in [2.45, 2.75) is 63.9 Å². The van der Waals surface area contributed by atoms with Crippen LogP contribution in [0.25, 0.3) is 0 Å². The molecule has 1 aromatic carbocycles. The summed E-state index contributed by atoms with van der Waals surface area (Å²) in [7, 11) is 0. The summed E-state index contributed by atoms with van der Waals surface area (Å²) in [5, 5.41) is 10.4. The van der Waals surface area contributed by atoms with Crippen LogP contribution in [-0.4, -0.2) is 56.4 Å². The van der Waals surface area contributed by atoms with Crippen molar-refractivity contribution in [2.24, 2.45) is 0 Å². The molecule has 2 N–H and O–H groups in total. The van der Waals surface area contributed by atoms with Crippen molar-refractivity contribution in [3.05, 3.63) is 52.3 Å². The van der Waals surface area contributed by atoms with Gasteiger partial charge in [-0.3, -0.25) is 29.3 Å². The molecule has 4 aliphatic heterocycles. The van der Waals surface area contributed by atoms with Crippen LogP contribution in [0.2, 0.25) is 0 Å². The highest BCUT2D eigenvalue weighted by Crippen LogP contribution is 2.30. The molecule has 33 heavy (non-hydrogen) atoms. The topological polar surface area (TPSA) is 99.6 Å². The lowest BCUT2D eigenvalue weighted by Crippen LogP contribution is -2.52. The van der Waals surface area contributed by atoms with Gasteiger partial charge in [0, 0.05) is 56.8 Å². The number of amides is 3. The number of imide groups is 1. The maximum absolute atomic E-state index is 12.9. The Hall–Kier alpha value is -3.04. The Morgan fingerprint density at radius 2 is 1.88 bits per heavy atom. The fraction of sp³-hybridized carbons (Fsp3) is 0.500. The third kappa shape index (κ3) is 3.65. The van der Waals surface area contributed by atoms with E-state index in [1.54, 1.807) is 4.90 Å². The summed E-state index contributed by atoms with van der Waals surface area (Å²) >= 11 is 0. The molecule has 2 aromatic rings. The van der Waals surface area contributed by atoms with Crippen LogP contribution in [-0.2, 0) is 35.8 Å². The van der Waals surface area contributed by atoms with Crippen molar-refractivity contribution in [3.63, 3.8) is 0 Å². The van der Waals surface area contributed by atoms with Gasteiger partial charge in [-0.15, -0.1) is 0 Å². The second-order valence-corrected chi connectivity index (χ2v) is 9.56. The summed E-state index contributed by atoms with van der Waals surface area (Å²) in [5.74, 6) is -0.748. The predicted octanol–water partition coefficient (Wildman–Crippen LogP) is 1.08. The summed E-state index contributed by atoms with van der Waals surface area (Å²) in [6.07, 6.45) is 4.84. The smallest absolute Gasteiger partial charge is 0.255 e. The van der Waals surface area contributed by atoms with E-state index in [1.807, 2.05) is 18.3 Å². The first-order chi connectivity index (χ1) is 16.1. The molecule has 0 saturated carbocycles. The van der Waals surface area contributed by atoms with Gasteiger partial charge < -0.3 is 10.2 Å². The number of nitrogens with one attached hydrogen (secondary N) is 2. The molecule has 1 aromatic heterocycles. The zero-order chi connectivity index (χ0) is 22.5. The number of carbonyl (C=O) groups excluding carboxylic acids is 3. The molecule has 2 saturated heterocycles. The molecule has 5 heterocycles. The molecule has 0 radical (unpaired) electrons. The molecule has 9 heteroatoms. The molecule has 6 rings (SSSR count). The number of nitrogens with zero attached hydrogens (tertiary/aromatic N) is 4. The van der Waals surface area contributed by atoms with Gasteiger partial charge in [0.1, 0.15) is 6.04 Å². The third-order valence-corrected chi connectivity index (χ3v) is 7.49. The van der Waals surface area contributed by atoms with Crippen LogP contribution in [0.4, 0.5) is 0 Å². The van der Waals surface area contributed by atoms with Gasteiger partial charge in [0.2, 0.25) is 11.8 Å². The van der Waals surface area contributed by atoms with Crippen molar-refractivity contribution in [1.82, 2.24) is 30.2 Å². The Balaban J connectivity index is 1.09. The van der Waals surface area contributed by atoms with E-state index >= 15 is 0 Å². The first-order valence-corrected chi connectivity index (χ1v) is 11.8. The van der Waals surface area contributed by atoms with E-state index in [2.05, 4.69) is 31.4 Å². The second-order valence-electron chi connectivity index (χ2n) is 9.56. The molecule has 172 valence electrons. The number of hydrogen-bond acceptors (Lipinski definition) is 6. The minimum atomic E-state index is -0.566. The molecule has 0 spiro atoms. The molecule has 3 amide bonds. The van der Waals surface area contributed by atoms with E-state index in [0.717, 1.165) is 51.1 Å². The van der Waals surface area contributed by atoms with Gasteiger partial charge in [0.15, 0.2) is 0 Å². The second kappa shape index (κ2) is 8.07. The lowest BCUT2D eigenvalue weighted by molar-refractivity contribution is -0.136. The minimum absolute atomic E-state index is 0.117. The molecule has 1 atom stereocenters. The van der Waals surface area contributed by atoms with Gasteiger partial charge in [0.05, 0.1) is 17.9 Å². The van der Waals surface area contributed by atoms with Gasteiger partial charge >= 0.3 is 0 Å². The van der Waals surface area contributed by atoms with Gasteiger partial charge in [-0.2, -0.15) is 5.10 Å². The molecule has 2 fully saturated rings. The van der Waals surface area contributed by atoms with Crippen LogP contribution in [0.1, 0.15) is 64.5 Å². The Bertz CT molecular complexity index is 1130. The molecule has 4 aliphatic rings. The maximum atomic E-state index is 12.9. The first kappa shape index (κ1) is 20.6. The van der Waals surface area contributed by atoms with Crippen molar-refractivity contribution in [2.75, 3.05) is 13.1 Å². The Kier molecular flexibility index (Phi) is 5.03. The molecule has 9 nitrogen and oxygen atoms in total. The molecular formula is C24H28N6O3. The van der Waals surface area contributed by atoms with Crippen LogP contribution >= 0.6 is 0 Å². The fourth-order valence-electron chi connectivity index (χ4n) is 5.70. The minimum Gasteiger partial charge on any atom is -0.322 e. The average molecular weight is 449 g/mol. The Labute approximate surface area is 192 Å². The molecule has 0 bridgehead atoms. The van der Waals surface area contributed by atoms with Crippen LogP contribution < -0.4 is 10.6 Å². The van der Waals surface area contributed by atoms with Gasteiger partial charge in [-0.25, -0.2) is 0 Å². The molecule has 0 aliphatic carbocycles. The lowest BCUT2D eigenvalue weighted by Gasteiger charge is -2.32. The monoisotopic (exact) mass is 448 g/mol. The third-order valence-electron chi connectivity index (χ3n) is 7.49. The van der Waals surface area contributed by atoms with Crippen LogP contribution in [0.3, 0.4) is 0 Å². The number of piperidine rings is 2. The van der Waals surface area contributed by atoms with Crippen molar-refractivity contribution in [1.29, 1.82) is 0 Å². The highest BCUT2D eigenvalue weighted by atomic mass is 16.2. The lowest BCUT2D eigenvalue weighted by atomic mass is 10.0. The van der Waals surface area contributed by atoms with E-state index in [4.69, 9.17) is 0 Å². The number of carbonyl (C=O) groups is 3. The van der Waals surface area contributed by atoms with Crippen LogP contribution in [0.15, 0.2) is 24.4 Å². The standard InChI is InChI=1S/C24H28N6O3/c31-22-4-3-20(23(32)27-22)29-14-16-9-15(1-2-19(16)24(29)33)13-28-7-5-18(6-8-28)30-21-12-25-10-17(21)11-26-30/h1-2,9,11,18,20,25H,3-8,10,12-14H2,(H,27,31,32). The Morgan fingerprint density at radius 3 is 2.70 bits per heavy atom. The summed E-state index contributed by atoms with van der Waals surface area (Å²) in [4.78, 5) is 40.7.